The summed E-state index contributed by atoms with van der Waals surface area (Å²) in [7, 11) is 0. The van der Waals surface area contributed by atoms with Gasteiger partial charge in [0.25, 0.3) is 0 Å². The van der Waals surface area contributed by atoms with E-state index in [1.54, 1.807) is 0 Å². The fourth-order valence-corrected chi connectivity index (χ4v) is 1.10. The lowest BCUT2D eigenvalue weighted by Crippen LogP contribution is -2.17. The Balaban J connectivity index is 2.72. The second-order valence-electron chi connectivity index (χ2n) is 2.56. The lowest BCUT2D eigenvalue weighted by Gasteiger charge is -2.04. The number of rotatable bonds is 0. The first-order chi connectivity index (χ1) is 6.18. The molecule has 64 valence electrons. The molecule has 0 aromatic carbocycles. The van der Waals surface area contributed by atoms with Crippen molar-refractivity contribution in [1.29, 1.82) is 0 Å². The fraction of sp³-hybridized carbons (Fsp3) is 0. The van der Waals surface area contributed by atoms with Crippen LogP contribution >= 0.6 is 0 Å². The molecule has 1 aliphatic rings. The number of fused-ring (bicyclic) bond motifs is 1. The molecule has 4 heteroatoms. The number of carbonyl (C=O) groups is 2. The van der Waals surface area contributed by atoms with Crippen LogP contribution in [0.3, 0.4) is 0 Å². The molecule has 0 fully saturated rings. The van der Waals surface area contributed by atoms with E-state index in [1.807, 2.05) is 0 Å². The summed E-state index contributed by atoms with van der Waals surface area (Å²) in [5, 5.41) is 0. The second kappa shape index (κ2) is 2.52. The van der Waals surface area contributed by atoms with Gasteiger partial charge >= 0.3 is 5.63 Å². The van der Waals surface area contributed by atoms with E-state index in [4.69, 9.17) is 4.42 Å². The van der Waals surface area contributed by atoms with Crippen molar-refractivity contribution in [2.24, 2.45) is 0 Å². The number of allylic oxidation sites excluding steroid dienone is 1. The van der Waals surface area contributed by atoms with Crippen LogP contribution < -0.4 is 5.63 Å². The third-order valence-electron chi connectivity index (χ3n) is 1.72. The largest absolute Gasteiger partial charge is 0.423 e. The molecule has 0 bridgehead atoms. The molecule has 0 saturated carbocycles. The molecule has 0 amide bonds. The normalized spacial score (nSPS) is 14.5. The van der Waals surface area contributed by atoms with Gasteiger partial charge in [0, 0.05) is 6.07 Å². The van der Waals surface area contributed by atoms with Gasteiger partial charge in [-0.05, 0) is 18.2 Å². The standard InChI is InChI=1S/C9H4O4/c10-6-2-3-7-5(9(6)12)1-4-8(11)13-7/h1-4H. The van der Waals surface area contributed by atoms with Crippen LogP contribution in [-0.2, 0) is 4.79 Å². The predicted molar refractivity (Wildman–Crippen MR) is 43.3 cm³/mol. The van der Waals surface area contributed by atoms with E-state index in [-0.39, 0.29) is 11.3 Å². The average molecular weight is 176 g/mol. The van der Waals surface area contributed by atoms with E-state index in [2.05, 4.69) is 0 Å². The van der Waals surface area contributed by atoms with Crippen molar-refractivity contribution in [3.63, 3.8) is 0 Å². The number of carbonyl (C=O) groups excluding carboxylic acids is 2. The molecule has 4 nitrogen and oxygen atoms in total. The summed E-state index contributed by atoms with van der Waals surface area (Å²) in [6.07, 6.45) is 2.41. The molecule has 0 spiro atoms. The molecule has 0 unspecified atom stereocenters. The van der Waals surface area contributed by atoms with Crippen molar-refractivity contribution >= 4 is 17.6 Å². The molecular formula is C9H4O4. The van der Waals surface area contributed by atoms with E-state index in [0.29, 0.717) is 0 Å². The zero-order valence-electron chi connectivity index (χ0n) is 6.44. The van der Waals surface area contributed by atoms with E-state index < -0.39 is 17.2 Å². The van der Waals surface area contributed by atoms with Gasteiger partial charge in [-0.25, -0.2) is 4.79 Å². The summed E-state index contributed by atoms with van der Waals surface area (Å²) in [5.74, 6) is -1.08. The summed E-state index contributed by atoms with van der Waals surface area (Å²) >= 11 is 0. The van der Waals surface area contributed by atoms with Crippen molar-refractivity contribution in [3.05, 3.63) is 40.0 Å². The quantitative estimate of drug-likeness (QED) is 0.537. The second-order valence-corrected chi connectivity index (χ2v) is 2.56. The summed E-state index contributed by atoms with van der Waals surface area (Å²) in [6, 6.07) is 2.41. The van der Waals surface area contributed by atoms with Gasteiger partial charge in [-0.1, -0.05) is 0 Å². The third-order valence-corrected chi connectivity index (χ3v) is 1.72. The average Bonchev–Trinajstić information content (AvgIpc) is 2.12. The Morgan fingerprint density at radius 3 is 2.54 bits per heavy atom. The molecule has 2 rings (SSSR count). The van der Waals surface area contributed by atoms with E-state index >= 15 is 0 Å². The Labute approximate surface area is 72.5 Å². The summed E-state index contributed by atoms with van der Waals surface area (Å²) in [5.41, 5.74) is -0.391. The molecule has 0 saturated heterocycles. The lowest BCUT2D eigenvalue weighted by molar-refractivity contribution is -0.111. The predicted octanol–water partition coefficient (Wildman–Crippen LogP) is 0.418. The van der Waals surface area contributed by atoms with E-state index in [0.717, 1.165) is 12.1 Å². The van der Waals surface area contributed by atoms with Gasteiger partial charge in [0.15, 0.2) is 0 Å². The molecule has 0 atom stereocenters. The maximum Gasteiger partial charge on any atom is 0.336 e. The van der Waals surface area contributed by atoms with Gasteiger partial charge in [-0.15, -0.1) is 0 Å². The lowest BCUT2D eigenvalue weighted by atomic mass is 10.0. The van der Waals surface area contributed by atoms with Crippen LogP contribution in [0.15, 0.2) is 27.4 Å². The van der Waals surface area contributed by atoms with E-state index in [9.17, 15) is 14.4 Å². The Bertz CT molecular complexity index is 479. The summed E-state index contributed by atoms with van der Waals surface area (Å²) < 4.78 is 4.70. The Kier molecular flexibility index (Phi) is 1.48. The highest BCUT2D eigenvalue weighted by atomic mass is 16.4. The van der Waals surface area contributed by atoms with Crippen LogP contribution in [0.25, 0.3) is 6.08 Å². The first-order valence-electron chi connectivity index (χ1n) is 3.59. The highest BCUT2D eigenvalue weighted by Crippen LogP contribution is 2.14. The Morgan fingerprint density at radius 1 is 1.00 bits per heavy atom. The first kappa shape index (κ1) is 7.67. The van der Waals surface area contributed by atoms with Gasteiger partial charge in [0.1, 0.15) is 5.76 Å². The number of hydrogen-bond donors (Lipinski definition) is 0. The minimum absolute atomic E-state index is 0.145. The van der Waals surface area contributed by atoms with Crippen molar-refractivity contribution in [2.45, 2.75) is 0 Å². The smallest absolute Gasteiger partial charge is 0.336 e. The third kappa shape index (κ3) is 1.12. The van der Waals surface area contributed by atoms with Gasteiger partial charge in [0.05, 0.1) is 5.56 Å². The number of Topliss-reactive ketones (excluding diaryl/α,β-unsaturated/α-hetero) is 1. The van der Waals surface area contributed by atoms with Crippen LogP contribution in [0.1, 0.15) is 16.1 Å². The number of ketones is 2. The SMILES string of the molecule is O=C1C=Cc2oc(=O)ccc2C1=O. The van der Waals surface area contributed by atoms with Crippen LogP contribution in [0, 0.1) is 0 Å². The molecule has 1 aromatic heterocycles. The molecule has 0 aliphatic heterocycles. The highest BCUT2D eigenvalue weighted by Gasteiger charge is 2.22. The number of hydrogen-bond acceptors (Lipinski definition) is 4. The molecule has 1 heterocycles. The van der Waals surface area contributed by atoms with E-state index in [1.165, 1.54) is 12.1 Å². The van der Waals surface area contributed by atoms with Crippen LogP contribution in [0.5, 0.6) is 0 Å². The molecule has 1 aliphatic carbocycles. The zero-order chi connectivity index (χ0) is 9.42. The first-order valence-corrected chi connectivity index (χ1v) is 3.59. The minimum Gasteiger partial charge on any atom is -0.423 e. The van der Waals surface area contributed by atoms with Crippen LogP contribution in [-0.4, -0.2) is 11.6 Å². The van der Waals surface area contributed by atoms with Crippen LogP contribution in [0.4, 0.5) is 0 Å². The van der Waals surface area contributed by atoms with Gasteiger partial charge < -0.3 is 4.42 Å². The highest BCUT2D eigenvalue weighted by molar-refractivity contribution is 6.49. The van der Waals surface area contributed by atoms with Crippen molar-refractivity contribution in [2.75, 3.05) is 0 Å². The van der Waals surface area contributed by atoms with Gasteiger partial charge in [-0.2, -0.15) is 0 Å². The fourth-order valence-electron chi connectivity index (χ4n) is 1.10. The summed E-state index contributed by atoms with van der Waals surface area (Å²) in [6.45, 7) is 0. The maximum absolute atomic E-state index is 11.2. The van der Waals surface area contributed by atoms with Crippen molar-refractivity contribution in [3.8, 4) is 0 Å². The Morgan fingerprint density at radius 2 is 1.77 bits per heavy atom. The summed E-state index contributed by atoms with van der Waals surface area (Å²) in [4.78, 5) is 32.8. The molecule has 1 aromatic rings. The van der Waals surface area contributed by atoms with Crippen molar-refractivity contribution < 1.29 is 14.0 Å². The molecule has 13 heavy (non-hydrogen) atoms. The molecule has 0 N–H and O–H groups in total. The van der Waals surface area contributed by atoms with Crippen LogP contribution in [0.2, 0.25) is 0 Å². The zero-order valence-corrected chi connectivity index (χ0v) is 6.44. The molecular weight excluding hydrogens is 172 g/mol. The maximum atomic E-state index is 11.2. The minimum atomic E-state index is -0.638. The monoisotopic (exact) mass is 176 g/mol. The van der Waals surface area contributed by atoms with Gasteiger partial charge in [0.2, 0.25) is 11.6 Å². The van der Waals surface area contributed by atoms with Crippen molar-refractivity contribution in [1.82, 2.24) is 0 Å². The van der Waals surface area contributed by atoms with Gasteiger partial charge in [-0.3, -0.25) is 9.59 Å². The topological polar surface area (TPSA) is 64.3 Å². The molecule has 0 radical (unpaired) electrons. The Hall–Kier alpha value is -1.97.